The summed E-state index contributed by atoms with van der Waals surface area (Å²) in [6, 6.07) is 14.3. The molecule has 0 aliphatic rings. The van der Waals surface area contributed by atoms with E-state index in [1.54, 1.807) is 24.3 Å². The lowest BCUT2D eigenvalue weighted by atomic mass is 10.1. The van der Waals surface area contributed by atoms with E-state index < -0.39 is 0 Å². The van der Waals surface area contributed by atoms with E-state index in [1.807, 2.05) is 24.3 Å². The van der Waals surface area contributed by atoms with Crippen molar-refractivity contribution < 1.29 is 14.6 Å². The number of nitrogens with one attached hydrogen (secondary N) is 1. The number of hydrogen-bond acceptors (Lipinski definition) is 3. The van der Waals surface area contributed by atoms with Gasteiger partial charge < -0.3 is 15.2 Å². The van der Waals surface area contributed by atoms with Crippen LogP contribution in [0.5, 0.6) is 11.5 Å². The molecule has 2 rings (SSSR count). The summed E-state index contributed by atoms with van der Waals surface area (Å²) >= 11 is 0. The van der Waals surface area contributed by atoms with Crippen molar-refractivity contribution in [1.29, 1.82) is 0 Å². The summed E-state index contributed by atoms with van der Waals surface area (Å²) in [5.41, 5.74) is 1.71. The van der Waals surface area contributed by atoms with E-state index in [4.69, 9.17) is 4.74 Å². The van der Waals surface area contributed by atoms with Gasteiger partial charge in [0.1, 0.15) is 11.5 Å². The molecule has 0 atom stereocenters. The van der Waals surface area contributed by atoms with Crippen LogP contribution in [0.4, 0.5) is 0 Å². The van der Waals surface area contributed by atoms with Crippen molar-refractivity contribution in [3.63, 3.8) is 0 Å². The molecule has 0 aromatic heterocycles. The summed E-state index contributed by atoms with van der Waals surface area (Å²) in [7, 11) is 0. The van der Waals surface area contributed by atoms with Gasteiger partial charge in [0.2, 0.25) is 0 Å². The van der Waals surface area contributed by atoms with Gasteiger partial charge in [-0.3, -0.25) is 4.79 Å². The molecule has 0 saturated heterocycles. The van der Waals surface area contributed by atoms with Gasteiger partial charge in [-0.25, -0.2) is 0 Å². The van der Waals surface area contributed by atoms with Gasteiger partial charge in [0.05, 0.1) is 6.61 Å². The molecule has 4 nitrogen and oxygen atoms in total. The largest absolute Gasteiger partial charge is 0.508 e. The number of rotatable bonds is 12. The fourth-order valence-corrected chi connectivity index (χ4v) is 2.86. The topological polar surface area (TPSA) is 58.6 Å². The minimum atomic E-state index is -0.0868. The van der Waals surface area contributed by atoms with Gasteiger partial charge in [0, 0.05) is 12.1 Å². The Morgan fingerprint density at radius 3 is 2.30 bits per heavy atom. The number of benzene rings is 2. The molecular weight excluding hydrogens is 338 g/mol. The van der Waals surface area contributed by atoms with Crippen LogP contribution < -0.4 is 10.1 Å². The summed E-state index contributed by atoms with van der Waals surface area (Å²) in [6.45, 7) is 3.51. The van der Waals surface area contributed by atoms with Gasteiger partial charge in [0.15, 0.2) is 0 Å². The first-order chi connectivity index (χ1) is 13.2. The number of ether oxygens (including phenoxy) is 1. The Kier molecular flexibility index (Phi) is 9.25. The van der Waals surface area contributed by atoms with Crippen LogP contribution in [0, 0.1) is 0 Å². The van der Waals surface area contributed by atoms with Crippen molar-refractivity contribution >= 4 is 5.91 Å². The summed E-state index contributed by atoms with van der Waals surface area (Å²) in [6.07, 6.45) is 8.19. The first-order valence-corrected chi connectivity index (χ1v) is 9.98. The fraction of sp³-hybridized carbons (Fsp3) is 0.435. The molecule has 2 N–H and O–H groups in total. The Labute approximate surface area is 162 Å². The second kappa shape index (κ2) is 12.0. The number of phenolic OH excluding ortho intramolecular Hbond substituents is 1. The predicted octanol–water partition coefficient (Wildman–Crippen LogP) is 5.10. The molecular formula is C23H31NO3. The molecule has 0 fully saturated rings. The maximum absolute atomic E-state index is 12.2. The van der Waals surface area contributed by atoms with E-state index in [-0.39, 0.29) is 11.7 Å². The molecule has 0 bridgehead atoms. The quantitative estimate of drug-likeness (QED) is 0.512. The van der Waals surface area contributed by atoms with Crippen LogP contribution in [0.3, 0.4) is 0 Å². The minimum absolute atomic E-state index is 0.0868. The van der Waals surface area contributed by atoms with Crippen LogP contribution in [0.1, 0.15) is 61.4 Å². The monoisotopic (exact) mass is 369 g/mol. The lowest BCUT2D eigenvalue weighted by molar-refractivity contribution is 0.0954. The van der Waals surface area contributed by atoms with E-state index in [2.05, 4.69) is 12.2 Å². The summed E-state index contributed by atoms with van der Waals surface area (Å²) < 4.78 is 5.74. The molecule has 0 saturated carbocycles. The van der Waals surface area contributed by atoms with Gasteiger partial charge in [-0.1, -0.05) is 51.2 Å². The van der Waals surface area contributed by atoms with Crippen molar-refractivity contribution in [1.82, 2.24) is 5.32 Å². The minimum Gasteiger partial charge on any atom is -0.508 e. The number of carbonyl (C=O) groups excluding carboxylic acids is 1. The Morgan fingerprint density at radius 2 is 1.59 bits per heavy atom. The van der Waals surface area contributed by atoms with E-state index in [1.165, 1.54) is 32.1 Å². The summed E-state index contributed by atoms with van der Waals surface area (Å²) in [5, 5.41) is 12.2. The average Bonchev–Trinajstić information content (AvgIpc) is 2.69. The maximum atomic E-state index is 12.2. The van der Waals surface area contributed by atoms with Crippen LogP contribution in [0.25, 0.3) is 0 Å². The molecule has 27 heavy (non-hydrogen) atoms. The first-order valence-electron chi connectivity index (χ1n) is 9.98. The molecule has 0 unspecified atom stereocenters. The highest BCUT2D eigenvalue weighted by Crippen LogP contribution is 2.14. The van der Waals surface area contributed by atoms with Crippen molar-refractivity contribution in [3.05, 3.63) is 59.7 Å². The highest BCUT2D eigenvalue weighted by atomic mass is 16.5. The Bertz CT molecular complexity index is 665. The fourth-order valence-electron chi connectivity index (χ4n) is 2.86. The van der Waals surface area contributed by atoms with E-state index in [9.17, 15) is 9.90 Å². The molecule has 0 aliphatic carbocycles. The zero-order valence-electron chi connectivity index (χ0n) is 16.2. The zero-order valence-corrected chi connectivity index (χ0v) is 16.2. The van der Waals surface area contributed by atoms with Crippen LogP contribution in [-0.2, 0) is 6.42 Å². The Balaban J connectivity index is 1.64. The molecule has 4 heteroatoms. The van der Waals surface area contributed by atoms with Crippen LogP contribution >= 0.6 is 0 Å². The molecule has 1 amide bonds. The lowest BCUT2D eigenvalue weighted by Gasteiger charge is -2.08. The number of aromatic hydroxyl groups is 1. The average molecular weight is 370 g/mol. The number of amides is 1. The number of hydrogen-bond donors (Lipinski definition) is 2. The zero-order chi connectivity index (χ0) is 19.3. The number of carbonyl (C=O) groups is 1. The normalized spacial score (nSPS) is 10.6. The van der Waals surface area contributed by atoms with E-state index in [0.717, 1.165) is 30.8 Å². The van der Waals surface area contributed by atoms with Crippen molar-refractivity contribution in [2.24, 2.45) is 0 Å². The predicted molar refractivity (Wildman–Crippen MR) is 109 cm³/mol. The molecule has 0 spiro atoms. The van der Waals surface area contributed by atoms with Gasteiger partial charge in [-0.05, 0) is 54.8 Å². The maximum Gasteiger partial charge on any atom is 0.251 e. The molecule has 0 aliphatic heterocycles. The molecule has 2 aromatic rings. The van der Waals surface area contributed by atoms with Crippen LogP contribution in [0.15, 0.2) is 48.5 Å². The molecule has 0 radical (unpaired) electrons. The van der Waals surface area contributed by atoms with Gasteiger partial charge in [-0.2, -0.15) is 0 Å². The van der Waals surface area contributed by atoms with Crippen LogP contribution in [-0.4, -0.2) is 24.2 Å². The summed E-state index contributed by atoms with van der Waals surface area (Å²) in [5.74, 6) is 0.974. The number of phenols is 1. The second-order valence-electron chi connectivity index (χ2n) is 6.81. The van der Waals surface area contributed by atoms with Crippen molar-refractivity contribution in [3.8, 4) is 11.5 Å². The third kappa shape index (κ3) is 8.16. The molecule has 0 heterocycles. The molecule has 2 aromatic carbocycles. The van der Waals surface area contributed by atoms with Gasteiger partial charge in [0.25, 0.3) is 5.91 Å². The van der Waals surface area contributed by atoms with Crippen molar-refractivity contribution in [2.45, 2.75) is 51.9 Å². The second-order valence-corrected chi connectivity index (χ2v) is 6.81. The third-order valence-electron chi connectivity index (χ3n) is 4.52. The summed E-state index contributed by atoms with van der Waals surface area (Å²) in [4.78, 5) is 12.2. The van der Waals surface area contributed by atoms with E-state index in [0.29, 0.717) is 12.1 Å². The first kappa shape index (κ1) is 20.8. The van der Waals surface area contributed by atoms with E-state index >= 15 is 0 Å². The smallest absolute Gasteiger partial charge is 0.251 e. The highest BCUT2D eigenvalue weighted by Gasteiger charge is 2.05. The molecule has 146 valence electrons. The lowest BCUT2D eigenvalue weighted by Crippen LogP contribution is -2.25. The Hall–Kier alpha value is -2.49. The van der Waals surface area contributed by atoms with Gasteiger partial charge in [-0.15, -0.1) is 0 Å². The van der Waals surface area contributed by atoms with Crippen LogP contribution in [0.2, 0.25) is 0 Å². The third-order valence-corrected chi connectivity index (χ3v) is 4.52. The SMILES string of the molecule is CCCCCCCCOc1ccc(C(=O)NCCc2ccc(O)cc2)cc1. The highest BCUT2D eigenvalue weighted by molar-refractivity contribution is 5.94. The standard InChI is InChI=1S/C23H31NO3/c1-2-3-4-5-6-7-18-27-22-14-10-20(11-15-22)23(26)24-17-16-19-8-12-21(25)13-9-19/h8-15,25H,2-7,16-18H2,1H3,(H,24,26). The van der Waals surface area contributed by atoms with Crippen molar-refractivity contribution in [2.75, 3.05) is 13.2 Å². The number of unbranched alkanes of at least 4 members (excludes halogenated alkanes) is 5. The van der Waals surface area contributed by atoms with Gasteiger partial charge >= 0.3 is 0 Å². The Morgan fingerprint density at radius 1 is 0.926 bits per heavy atom.